The van der Waals surface area contributed by atoms with E-state index in [0.717, 1.165) is 10.5 Å². The van der Waals surface area contributed by atoms with Crippen molar-refractivity contribution in [3.05, 3.63) is 106 Å². The third kappa shape index (κ3) is 4.13. The molecule has 0 fully saturated rings. The number of methoxy groups -OCH3 is 1. The zero-order chi connectivity index (χ0) is 22.7. The predicted octanol–water partition coefficient (Wildman–Crippen LogP) is 3.63. The maximum absolute atomic E-state index is 12.8. The molecule has 4 rings (SSSR count). The van der Waals surface area contributed by atoms with Crippen molar-refractivity contribution in [1.29, 1.82) is 0 Å². The van der Waals surface area contributed by atoms with Crippen LogP contribution in [0.15, 0.2) is 72.8 Å². The van der Waals surface area contributed by atoms with Crippen molar-refractivity contribution in [2.45, 2.75) is 13.2 Å². The molecule has 32 heavy (non-hydrogen) atoms. The molecule has 7 heteroatoms. The Labute approximate surface area is 184 Å². The van der Waals surface area contributed by atoms with Crippen LogP contribution in [0.1, 0.15) is 52.6 Å². The standard InChI is InChI=1S/C25H19NO6/c1-31-24(29)18-9-7-17(8-10-18)15-32-25(30)19-11-12-20-21(13-19)23(28)26(22(20)27)14-16-5-3-2-4-6-16/h2-13H,14-15H2,1H3. The van der Waals surface area contributed by atoms with Crippen molar-refractivity contribution in [2.24, 2.45) is 0 Å². The van der Waals surface area contributed by atoms with Gasteiger partial charge >= 0.3 is 11.9 Å². The molecule has 0 atom stereocenters. The van der Waals surface area contributed by atoms with E-state index in [4.69, 9.17) is 4.74 Å². The van der Waals surface area contributed by atoms with E-state index >= 15 is 0 Å². The lowest BCUT2D eigenvalue weighted by atomic mass is 10.1. The second kappa shape index (κ2) is 8.85. The first-order valence-electron chi connectivity index (χ1n) is 9.86. The largest absolute Gasteiger partial charge is 0.465 e. The van der Waals surface area contributed by atoms with Gasteiger partial charge in [0.2, 0.25) is 0 Å². The maximum atomic E-state index is 12.8. The number of amides is 2. The Balaban J connectivity index is 1.44. The summed E-state index contributed by atoms with van der Waals surface area (Å²) in [6.45, 7) is 0.152. The van der Waals surface area contributed by atoms with Crippen molar-refractivity contribution in [3.8, 4) is 0 Å². The molecule has 0 saturated heterocycles. The second-order valence-electron chi connectivity index (χ2n) is 7.21. The summed E-state index contributed by atoms with van der Waals surface area (Å²) in [7, 11) is 1.30. The number of ether oxygens (including phenoxy) is 2. The van der Waals surface area contributed by atoms with Crippen LogP contribution in [0.25, 0.3) is 0 Å². The Morgan fingerprint density at radius 1 is 0.750 bits per heavy atom. The van der Waals surface area contributed by atoms with Crippen molar-refractivity contribution >= 4 is 23.8 Å². The van der Waals surface area contributed by atoms with Crippen LogP contribution in [-0.2, 0) is 22.6 Å². The van der Waals surface area contributed by atoms with Gasteiger partial charge in [-0.3, -0.25) is 14.5 Å². The Morgan fingerprint density at radius 3 is 2.09 bits per heavy atom. The number of rotatable bonds is 6. The Hall–Kier alpha value is -4.26. The zero-order valence-corrected chi connectivity index (χ0v) is 17.2. The summed E-state index contributed by atoms with van der Waals surface area (Å²) in [5.74, 6) is -1.90. The van der Waals surface area contributed by atoms with Crippen LogP contribution in [-0.4, -0.2) is 35.8 Å². The van der Waals surface area contributed by atoms with Crippen LogP contribution in [0.4, 0.5) is 0 Å². The van der Waals surface area contributed by atoms with E-state index in [9.17, 15) is 19.2 Å². The summed E-state index contributed by atoms with van der Waals surface area (Å²) in [6, 6.07) is 20.0. The normalized spacial score (nSPS) is 12.5. The maximum Gasteiger partial charge on any atom is 0.338 e. The summed E-state index contributed by atoms with van der Waals surface area (Å²) in [5, 5.41) is 0. The lowest BCUT2D eigenvalue weighted by Crippen LogP contribution is -2.29. The Kier molecular flexibility index (Phi) is 5.81. The molecule has 0 aromatic heterocycles. The third-order valence-corrected chi connectivity index (χ3v) is 5.13. The van der Waals surface area contributed by atoms with Gasteiger partial charge in [-0.15, -0.1) is 0 Å². The summed E-state index contributed by atoms with van der Waals surface area (Å²) in [5.41, 5.74) is 2.54. The summed E-state index contributed by atoms with van der Waals surface area (Å²) >= 11 is 0. The van der Waals surface area contributed by atoms with Crippen LogP contribution in [0, 0.1) is 0 Å². The van der Waals surface area contributed by atoms with E-state index in [-0.39, 0.29) is 35.7 Å². The van der Waals surface area contributed by atoms with E-state index in [2.05, 4.69) is 4.74 Å². The van der Waals surface area contributed by atoms with Gasteiger partial charge in [-0.1, -0.05) is 42.5 Å². The minimum absolute atomic E-state index is 0.00954. The molecular formula is C25H19NO6. The van der Waals surface area contributed by atoms with Gasteiger partial charge in [-0.05, 0) is 41.5 Å². The van der Waals surface area contributed by atoms with E-state index in [0.29, 0.717) is 11.1 Å². The highest BCUT2D eigenvalue weighted by Gasteiger charge is 2.36. The van der Waals surface area contributed by atoms with E-state index in [1.165, 1.54) is 25.3 Å². The van der Waals surface area contributed by atoms with Gasteiger partial charge in [-0.2, -0.15) is 0 Å². The molecule has 1 heterocycles. The molecule has 1 aliphatic rings. The number of imide groups is 1. The third-order valence-electron chi connectivity index (χ3n) is 5.13. The SMILES string of the molecule is COC(=O)c1ccc(COC(=O)c2ccc3c(c2)C(=O)N(Cc2ccccc2)C3=O)cc1. The van der Waals surface area contributed by atoms with Crippen molar-refractivity contribution in [2.75, 3.05) is 7.11 Å². The first-order valence-corrected chi connectivity index (χ1v) is 9.86. The van der Waals surface area contributed by atoms with Crippen molar-refractivity contribution in [1.82, 2.24) is 4.90 Å². The van der Waals surface area contributed by atoms with Crippen LogP contribution in [0.3, 0.4) is 0 Å². The summed E-state index contributed by atoms with van der Waals surface area (Å²) in [6.07, 6.45) is 0. The molecule has 0 saturated carbocycles. The molecule has 0 spiro atoms. The molecular weight excluding hydrogens is 410 g/mol. The van der Waals surface area contributed by atoms with Gasteiger partial charge in [-0.25, -0.2) is 9.59 Å². The molecule has 0 radical (unpaired) electrons. The van der Waals surface area contributed by atoms with Crippen molar-refractivity contribution in [3.63, 3.8) is 0 Å². The lowest BCUT2D eigenvalue weighted by molar-refractivity contribution is 0.0471. The van der Waals surface area contributed by atoms with E-state index in [1.807, 2.05) is 30.3 Å². The fourth-order valence-electron chi connectivity index (χ4n) is 3.41. The van der Waals surface area contributed by atoms with Gasteiger partial charge in [0.05, 0.1) is 35.9 Å². The van der Waals surface area contributed by atoms with E-state index in [1.54, 1.807) is 24.3 Å². The van der Waals surface area contributed by atoms with Gasteiger partial charge in [0.25, 0.3) is 11.8 Å². The highest BCUT2D eigenvalue weighted by atomic mass is 16.5. The number of hydrogen-bond donors (Lipinski definition) is 0. The number of benzene rings is 3. The molecule has 0 aliphatic carbocycles. The predicted molar refractivity (Wildman–Crippen MR) is 114 cm³/mol. The van der Waals surface area contributed by atoms with Crippen LogP contribution < -0.4 is 0 Å². The summed E-state index contributed by atoms with van der Waals surface area (Å²) < 4.78 is 9.97. The molecule has 3 aromatic rings. The second-order valence-corrected chi connectivity index (χ2v) is 7.21. The van der Waals surface area contributed by atoms with Crippen molar-refractivity contribution < 1.29 is 28.7 Å². The quantitative estimate of drug-likeness (QED) is 0.439. The van der Waals surface area contributed by atoms with Gasteiger partial charge in [0.15, 0.2) is 0 Å². The topological polar surface area (TPSA) is 90.0 Å². The zero-order valence-electron chi connectivity index (χ0n) is 17.2. The van der Waals surface area contributed by atoms with Crippen LogP contribution >= 0.6 is 0 Å². The summed E-state index contributed by atoms with van der Waals surface area (Å²) in [4.78, 5) is 50.6. The fourth-order valence-corrected chi connectivity index (χ4v) is 3.41. The minimum Gasteiger partial charge on any atom is -0.465 e. The Morgan fingerprint density at radius 2 is 1.41 bits per heavy atom. The van der Waals surface area contributed by atoms with Gasteiger partial charge in [0, 0.05) is 0 Å². The monoisotopic (exact) mass is 429 g/mol. The number of carbonyl (C=O) groups is 4. The highest BCUT2D eigenvalue weighted by molar-refractivity contribution is 6.21. The average molecular weight is 429 g/mol. The number of carbonyl (C=O) groups excluding carboxylic acids is 4. The molecule has 1 aliphatic heterocycles. The van der Waals surface area contributed by atoms with Crippen LogP contribution in [0.5, 0.6) is 0 Å². The van der Waals surface area contributed by atoms with E-state index < -0.39 is 17.8 Å². The number of nitrogens with zero attached hydrogens (tertiary/aromatic N) is 1. The average Bonchev–Trinajstić information content (AvgIpc) is 3.07. The molecule has 160 valence electrons. The minimum atomic E-state index is -0.619. The molecule has 2 amide bonds. The Bertz CT molecular complexity index is 1200. The first-order chi connectivity index (χ1) is 15.5. The molecule has 3 aromatic carbocycles. The lowest BCUT2D eigenvalue weighted by Gasteiger charge is -2.13. The van der Waals surface area contributed by atoms with Gasteiger partial charge in [0.1, 0.15) is 6.61 Å². The molecule has 7 nitrogen and oxygen atoms in total. The molecule has 0 bridgehead atoms. The first kappa shape index (κ1) is 21.0. The molecule has 0 unspecified atom stereocenters. The highest BCUT2D eigenvalue weighted by Crippen LogP contribution is 2.26. The fraction of sp³-hybridized carbons (Fsp3) is 0.120. The molecule has 0 N–H and O–H groups in total. The number of esters is 2. The number of hydrogen-bond acceptors (Lipinski definition) is 6. The smallest absolute Gasteiger partial charge is 0.338 e. The van der Waals surface area contributed by atoms with Crippen LogP contribution in [0.2, 0.25) is 0 Å². The van der Waals surface area contributed by atoms with Gasteiger partial charge < -0.3 is 9.47 Å². The number of fused-ring (bicyclic) bond motifs is 1.